The first kappa shape index (κ1) is 18.9. The quantitative estimate of drug-likeness (QED) is 0.483. The Labute approximate surface area is 164 Å². The Bertz CT molecular complexity index is 931. The molecule has 134 valence electrons. The standard InChI is InChI=1S/C22H15BrF2N2/c23-17-11-20(24)19(21(25)12-17)13-18(14-26)27-22(15-7-3-1-4-8-15)16-9-5-2-6-10-16/h1-12,18H,13H2. The van der Waals surface area contributed by atoms with Crippen molar-refractivity contribution >= 4 is 21.6 Å². The Morgan fingerprint density at radius 2 is 1.41 bits per heavy atom. The van der Waals surface area contributed by atoms with Gasteiger partial charge in [-0.25, -0.2) is 8.78 Å². The van der Waals surface area contributed by atoms with Crippen molar-refractivity contribution in [2.45, 2.75) is 12.5 Å². The van der Waals surface area contributed by atoms with Crippen LogP contribution >= 0.6 is 15.9 Å². The summed E-state index contributed by atoms with van der Waals surface area (Å²) in [6.45, 7) is 0. The molecule has 27 heavy (non-hydrogen) atoms. The van der Waals surface area contributed by atoms with Crippen molar-refractivity contribution in [3.8, 4) is 6.07 Å². The molecular weight excluding hydrogens is 410 g/mol. The van der Waals surface area contributed by atoms with Crippen LogP contribution in [-0.4, -0.2) is 11.8 Å². The molecule has 5 heteroatoms. The molecule has 0 aliphatic heterocycles. The zero-order valence-electron chi connectivity index (χ0n) is 14.2. The molecule has 3 aromatic carbocycles. The summed E-state index contributed by atoms with van der Waals surface area (Å²) in [5.74, 6) is -1.39. The van der Waals surface area contributed by atoms with Crippen LogP contribution < -0.4 is 0 Å². The Morgan fingerprint density at radius 1 is 0.926 bits per heavy atom. The molecule has 0 heterocycles. The maximum Gasteiger partial charge on any atom is 0.141 e. The van der Waals surface area contributed by atoms with E-state index in [0.29, 0.717) is 10.2 Å². The summed E-state index contributed by atoms with van der Waals surface area (Å²) in [5, 5.41) is 9.56. The van der Waals surface area contributed by atoms with Gasteiger partial charge in [0, 0.05) is 27.6 Å². The zero-order valence-corrected chi connectivity index (χ0v) is 15.8. The van der Waals surface area contributed by atoms with Crippen LogP contribution in [0.4, 0.5) is 8.78 Å². The van der Waals surface area contributed by atoms with Gasteiger partial charge < -0.3 is 0 Å². The summed E-state index contributed by atoms with van der Waals surface area (Å²) in [7, 11) is 0. The van der Waals surface area contributed by atoms with Gasteiger partial charge in [-0.05, 0) is 12.1 Å². The van der Waals surface area contributed by atoms with E-state index in [1.54, 1.807) is 0 Å². The minimum atomic E-state index is -0.925. The highest BCUT2D eigenvalue weighted by Crippen LogP contribution is 2.22. The number of hydrogen-bond acceptors (Lipinski definition) is 2. The van der Waals surface area contributed by atoms with Gasteiger partial charge in [-0.1, -0.05) is 76.6 Å². The summed E-state index contributed by atoms with van der Waals surface area (Å²) < 4.78 is 28.6. The minimum Gasteiger partial charge on any atom is -0.265 e. The fraction of sp³-hybridized carbons (Fsp3) is 0.0909. The van der Waals surface area contributed by atoms with E-state index < -0.39 is 17.7 Å². The predicted octanol–water partition coefficient (Wildman–Crippen LogP) is 5.70. The number of nitrogens with zero attached hydrogens (tertiary/aromatic N) is 2. The van der Waals surface area contributed by atoms with Crippen LogP contribution in [0.15, 0.2) is 82.3 Å². The second-order valence-corrected chi connectivity index (χ2v) is 6.82. The maximum atomic E-state index is 14.2. The molecule has 0 bridgehead atoms. The van der Waals surface area contributed by atoms with Crippen molar-refractivity contribution in [1.82, 2.24) is 0 Å². The molecule has 0 fully saturated rings. The maximum absolute atomic E-state index is 14.2. The zero-order chi connectivity index (χ0) is 19.2. The molecule has 3 rings (SSSR count). The highest BCUT2D eigenvalue weighted by molar-refractivity contribution is 9.10. The monoisotopic (exact) mass is 424 g/mol. The van der Waals surface area contributed by atoms with Gasteiger partial charge in [-0.2, -0.15) is 5.26 Å². The van der Waals surface area contributed by atoms with Gasteiger partial charge in [-0.3, -0.25) is 4.99 Å². The van der Waals surface area contributed by atoms with Crippen molar-refractivity contribution in [1.29, 1.82) is 5.26 Å². The Hall–Kier alpha value is -2.84. The molecule has 0 aromatic heterocycles. The number of hydrogen-bond donors (Lipinski definition) is 0. The smallest absolute Gasteiger partial charge is 0.141 e. The second kappa shape index (κ2) is 8.70. The summed E-state index contributed by atoms with van der Waals surface area (Å²) in [4.78, 5) is 4.55. The molecule has 1 atom stereocenters. The number of rotatable bonds is 5. The van der Waals surface area contributed by atoms with Crippen LogP contribution in [0.5, 0.6) is 0 Å². The van der Waals surface area contributed by atoms with Gasteiger partial charge in [0.1, 0.15) is 17.7 Å². The van der Waals surface area contributed by atoms with Crippen LogP contribution in [-0.2, 0) is 6.42 Å². The molecule has 0 aliphatic carbocycles. The van der Waals surface area contributed by atoms with Crippen LogP contribution in [0, 0.1) is 23.0 Å². The van der Waals surface area contributed by atoms with Crippen LogP contribution in [0.1, 0.15) is 16.7 Å². The topological polar surface area (TPSA) is 36.1 Å². The lowest BCUT2D eigenvalue weighted by Gasteiger charge is -2.12. The first-order valence-corrected chi connectivity index (χ1v) is 9.09. The van der Waals surface area contributed by atoms with E-state index >= 15 is 0 Å². The normalized spacial score (nSPS) is 11.5. The summed E-state index contributed by atoms with van der Waals surface area (Å²) in [6.07, 6.45) is -0.148. The third kappa shape index (κ3) is 4.66. The lowest BCUT2D eigenvalue weighted by Crippen LogP contribution is -2.14. The van der Waals surface area contributed by atoms with Gasteiger partial charge in [0.15, 0.2) is 0 Å². The average Bonchev–Trinajstić information content (AvgIpc) is 2.68. The minimum absolute atomic E-state index is 0.144. The number of aliphatic imine (C=N–C) groups is 1. The van der Waals surface area contributed by atoms with Gasteiger partial charge in [0.05, 0.1) is 11.8 Å². The van der Waals surface area contributed by atoms with Gasteiger partial charge >= 0.3 is 0 Å². The lowest BCUT2D eigenvalue weighted by atomic mass is 10.0. The third-order valence-electron chi connectivity index (χ3n) is 4.03. The van der Waals surface area contributed by atoms with E-state index in [4.69, 9.17) is 0 Å². The highest BCUT2D eigenvalue weighted by atomic mass is 79.9. The Balaban J connectivity index is 2.02. The van der Waals surface area contributed by atoms with E-state index in [9.17, 15) is 14.0 Å². The number of benzene rings is 3. The van der Waals surface area contributed by atoms with Crippen molar-refractivity contribution in [2.75, 3.05) is 0 Å². The fourth-order valence-electron chi connectivity index (χ4n) is 2.74. The molecule has 0 amide bonds. The summed E-state index contributed by atoms with van der Waals surface area (Å²) >= 11 is 3.06. The van der Waals surface area contributed by atoms with E-state index in [0.717, 1.165) is 11.1 Å². The fourth-order valence-corrected chi connectivity index (χ4v) is 3.15. The summed E-state index contributed by atoms with van der Waals surface area (Å²) in [6, 6.07) is 22.4. The Morgan fingerprint density at radius 3 is 1.85 bits per heavy atom. The van der Waals surface area contributed by atoms with E-state index in [2.05, 4.69) is 27.0 Å². The molecular formula is C22H15BrF2N2. The molecule has 0 N–H and O–H groups in total. The lowest BCUT2D eigenvalue weighted by molar-refractivity contribution is 0.548. The molecule has 2 nitrogen and oxygen atoms in total. The number of halogens is 3. The van der Waals surface area contributed by atoms with E-state index in [1.165, 1.54) is 12.1 Å². The van der Waals surface area contributed by atoms with Crippen molar-refractivity contribution < 1.29 is 8.78 Å². The van der Waals surface area contributed by atoms with Crippen LogP contribution in [0.25, 0.3) is 0 Å². The molecule has 0 aliphatic rings. The van der Waals surface area contributed by atoms with Crippen LogP contribution in [0.2, 0.25) is 0 Å². The average molecular weight is 425 g/mol. The van der Waals surface area contributed by atoms with Gasteiger partial charge in [0.2, 0.25) is 0 Å². The molecule has 0 spiro atoms. The van der Waals surface area contributed by atoms with Crippen LogP contribution in [0.3, 0.4) is 0 Å². The SMILES string of the molecule is N#CC(Cc1c(F)cc(Br)cc1F)N=C(c1ccccc1)c1ccccc1. The van der Waals surface area contributed by atoms with E-state index in [-0.39, 0.29) is 12.0 Å². The third-order valence-corrected chi connectivity index (χ3v) is 4.49. The number of nitriles is 1. The van der Waals surface area contributed by atoms with Crippen molar-refractivity contribution in [3.63, 3.8) is 0 Å². The van der Waals surface area contributed by atoms with Gasteiger partial charge in [-0.15, -0.1) is 0 Å². The molecule has 1 unspecified atom stereocenters. The first-order valence-electron chi connectivity index (χ1n) is 8.30. The molecule has 3 aromatic rings. The van der Waals surface area contributed by atoms with Crippen molar-refractivity contribution in [2.24, 2.45) is 4.99 Å². The largest absolute Gasteiger partial charge is 0.265 e. The molecule has 0 radical (unpaired) electrons. The predicted molar refractivity (Wildman–Crippen MR) is 106 cm³/mol. The second-order valence-electron chi connectivity index (χ2n) is 5.91. The van der Waals surface area contributed by atoms with Gasteiger partial charge in [0.25, 0.3) is 0 Å². The first-order chi connectivity index (χ1) is 13.1. The Kier molecular flexibility index (Phi) is 6.10. The molecule has 0 saturated heterocycles. The van der Waals surface area contributed by atoms with E-state index in [1.807, 2.05) is 60.7 Å². The van der Waals surface area contributed by atoms with Crippen molar-refractivity contribution in [3.05, 3.63) is 106 Å². The molecule has 0 saturated carbocycles. The summed E-state index contributed by atoms with van der Waals surface area (Å²) in [5.41, 5.74) is 2.14. The highest BCUT2D eigenvalue weighted by Gasteiger charge is 2.18.